The molecule has 1 amide bonds. The van der Waals surface area contributed by atoms with Gasteiger partial charge in [0.15, 0.2) is 0 Å². The van der Waals surface area contributed by atoms with E-state index in [2.05, 4.69) is 10.0 Å². The van der Waals surface area contributed by atoms with Crippen LogP contribution in [0, 0.1) is 6.92 Å². The van der Waals surface area contributed by atoms with Crippen molar-refractivity contribution in [3.05, 3.63) is 59.1 Å². The van der Waals surface area contributed by atoms with Crippen molar-refractivity contribution in [2.45, 2.75) is 24.8 Å². The number of hydrogen-bond donors (Lipinski definition) is 2. The van der Waals surface area contributed by atoms with Gasteiger partial charge in [0.25, 0.3) is 0 Å². The lowest BCUT2D eigenvalue weighted by molar-refractivity contribution is -0.117. The topological polar surface area (TPSA) is 75.3 Å². The Balaban J connectivity index is 2.05. The molecule has 0 saturated heterocycles. The largest absolute Gasteiger partial charge is 0.325 e. The first-order valence-corrected chi connectivity index (χ1v) is 8.79. The highest BCUT2D eigenvalue weighted by atomic mass is 35.5. The van der Waals surface area contributed by atoms with Crippen molar-refractivity contribution in [3.8, 4) is 0 Å². The number of aryl methyl sites for hydroxylation is 1. The van der Waals surface area contributed by atoms with E-state index in [-0.39, 0.29) is 4.90 Å². The molecule has 0 fully saturated rings. The van der Waals surface area contributed by atoms with E-state index in [9.17, 15) is 13.2 Å². The number of nitrogens with one attached hydrogen (secondary N) is 2. The normalized spacial score (nSPS) is 12.7. The second kappa shape index (κ2) is 7.12. The molecule has 0 aliphatic heterocycles. The summed E-state index contributed by atoms with van der Waals surface area (Å²) in [6.45, 7) is 3.35. The summed E-state index contributed by atoms with van der Waals surface area (Å²) in [5.41, 5.74) is 1.50. The molecule has 0 heterocycles. The molecule has 0 radical (unpaired) electrons. The van der Waals surface area contributed by atoms with Crippen LogP contribution in [-0.4, -0.2) is 20.4 Å². The average molecular weight is 353 g/mol. The van der Waals surface area contributed by atoms with E-state index in [1.165, 1.54) is 19.1 Å². The van der Waals surface area contributed by atoms with Crippen molar-refractivity contribution in [2.24, 2.45) is 0 Å². The highest BCUT2D eigenvalue weighted by Crippen LogP contribution is 2.14. The molecule has 2 aromatic rings. The molecule has 23 heavy (non-hydrogen) atoms. The van der Waals surface area contributed by atoms with Crippen LogP contribution in [0.15, 0.2) is 53.4 Å². The minimum absolute atomic E-state index is 0.120. The summed E-state index contributed by atoms with van der Waals surface area (Å²) in [6, 6.07) is 12.0. The Hall–Kier alpha value is -1.89. The third-order valence-electron chi connectivity index (χ3n) is 3.17. The maximum absolute atomic E-state index is 12.2. The number of carbonyl (C=O) groups excluding carboxylic acids is 1. The number of rotatable bonds is 5. The molecule has 0 aromatic heterocycles. The lowest BCUT2D eigenvalue weighted by Crippen LogP contribution is -2.41. The van der Waals surface area contributed by atoms with Crippen LogP contribution in [0.1, 0.15) is 12.5 Å². The first-order chi connectivity index (χ1) is 10.8. The Morgan fingerprint density at radius 2 is 1.61 bits per heavy atom. The lowest BCUT2D eigenvalue weighted by Gasteiger charge is -2.14. The molecule has 0 spiro atoms. The van der Waals surface area contributed by atoms with Gasteiger partial charge in [-0.2, -0.15) is 4.72 Å². The van der Waals surface area contributed by atoms with Gasteiger partial charge in [0.1, 0.15) is 0 Å². The van der Waals surface area contributed by atoms with Gasteiger partial charge in [-0.15, -0.1) is 0 Å². The molecule has 2 aromatic carbocycles. The molecule has 2 rings (SSSR count). The quantitative estimate of drug-likeness (QED) is 0.868. The fourth-order valence-corrected chi connectivity index (χ4v) is 3.18. The van der Waals surface area contributed by atoms with Gasteiger partial charge in [-0.3, -0.25) is 4.79 Å². The van der Waals surface area contributed by atoms with E-state index < -0.39 is 22.0 Å². The summed E-state index contributed by atoms with van der Waals surface area (Å²) in [6.07, 6.45) is 0. The number of hydrogen-bond acceptors (Lipinski definition) is 3. The van der Waals surface area contributed by atoms with E-state index in [0.29, 0.717) is 10.7 Å². The van der Waals surface area contributed by atoms with Crippen molar-refractivity contribution in [1.82, 2.24) is 4.72 Å². The highest BCUT2D eigenvalue weighted by molar-refractivity contribution is 7.89. The first-order valence-electron chi connectivity index (χ1n) is 6.93. The summed E-state index contributed by atoms with van der Waals surface area (Å²) >= 11 is 5.77. The van der Waals surface area contributed by atoms with Crippen molar-refractivity contribution < 1.29 is 13.2 Å². The second-order valence-electron chi connectivity index (χ2n) is 5.15. The second-order valence-corrected chi connectivity index (χ2v) is 7.30. The van der Waals surface area contributed by atoms with Crippen LogP contribution in [0.3, 0.4) is 0 Å². The highest BCUT2D eigenvalue weighted by Gasteiger charge is 2.22. The van der Waals surface area contributed by atoms with Gasteiger partial charge in [0.05, 0.1) is 10.9 Å². The Kier molecular flexibility index (Phi) is 5.41. The van der Waals surface area contributed by atoms with Crippen molar-refractivity contribution in [1.29, 1.82) is 0 Å². The summed E-state index contributed by atoms with van der Waals surface area (Å²) < 4.78 is 26.9. The smallest absolute Gasteiger partial charge is 0.242 e. The standard InChI is InChI=1S/C16H17ClN2O3S/c1-11-3-9-15(10-4-11)23(21,22)19-12(2)16(20)18-14-7-5-13(17)6-8-14/h3-10,12,19H,1-2H3,(H,18,20)/t12-/m1/s1. The van der Waals surface area contributed by atoms with Gasteiger partial charge in [-0.25, -0.2) is 8.42 Å². The number of carbonyl (C=O) groups is 1. The molecule has 122 valence electrons. The lowest BCUT2D eigenvalue weighted by atomic mass is 10.2. The predicted octanol–water partition coefficient (Wildman–Crippen LogP) is 2.95. The van der Waals surface area contributed by atoms with Gasteiger partial charge in [-0.1, -0.05) is 29.3 Å². The molecule has 0 aliphatic rings. The number of halogens is 1. The summed E-state index contributed by atoms with van der Waals surface area (Å²) in [4.78, 5) is 12.2. The fraction of sp³-hybridized carbons (Fsp3) is 0.188. The minimum Gasteiger partial charge on any atom is -0.325 e. The van der Waals surface area contributed by atoms with Crippen LogP contribution in [-0.2, 0) is 14.8 Å². The molecule has 0 unspecified atom stereocenters. The SMILES string of the molecule is Cc1ccc(S(=O)(=O)N[C@H](C)C(=O)Nc2ccc(Cl)cc2)cc1. The molecular weight excluding hydrogens is 336 g/mol. The van der Waals surface area contributed by atoms with Gasteiger partial charge in [0.2, 0.25) is 15.9 Å². The first kappa shape index (κ1) is 17.5. The third-order valence-corrected chi connectivity index (χ3v) is 4.98. The third kappa shape index (κ3) is 4.79. The zero-order valence-corrected chi connectivity index (χ0v) is 14.3. The zero-order valence-electron chi connectivity index (χ0n) is 12.7. The summed E-state index contributed by atoms with van der Waals surface area (Å²) in [5, 5.41) is 3.18. The molecule has 5 nitrogen and oxygen atoms in total. The molecule has 0 bridgehead atoms. The molecule has 0 saturated carbocycles. The molecule has 7 heteroatoms. The van der Waals surface area contributed by atoms with Crippen LogP contribution < -0.4 is 10.0 Å². The van der Waals surface area contributed by atoms with E-state index in [1.807, 2.05) is 6.92 Å². The van der Waals surface area contributed by atoms with Crippen molar-refractivity contribution in [2.75, 3.05) is 5.32 Å². The maximum atomic E-state index is 12.2. The van der Waals surface area contributed by atoms with E-state index >= 15 is 0 Å². The number of benzene rings is 2. The Morgan fingerprint density at radius 1 is 1.04 bits per heavy atom. The number of amides is 1. The maximum Gasteiger partial charge on any atom is 0.242 e. The van der Waals surface area contributed by atoms with Crippen LogP contribution in [0.25, 0.3) is 0 Å². The van der Waals surface area contributed by atoms with Gasteiger partial charge in [-0.05, 0) is 50.2 Å². The van der Waals surface area contributed by atoms with E-state index in [0.717, 1.165) is 5.56 Å². The fourth-order valence-electron chi connectivity index (χ4n) is 1.86. The molecule has 2 N–H and O–H groups in total. The van der Waals surface area contributed by atoms with Gasteiger partial charge < -0.3 is 5.32 Å². The van der Waals surface area contributed by atoms with Crippen LogP contribution >= 0.6 is 11.6 Å². The minimum atomic E-state index is -3.75. The van der Waals surface area contributed by atoms with E-state index in [1.54, 1.807) is 36.4 Å². The van der Waals surface area contributed by atoms with Gasteiger partial charge >= 0.3 is 0 Å². The monoisotopic (exact) mass is 352 g/mol. The average Bonchev–Trinajstić information content (AvgIpc) is 2.49. The Bertz CT molecular complexity index is 787. The van der Waals surface area contributed by atoms with Crippen LogP contribution in [0.4, 0.5) is 5.69 Å². The van der Waals surface area contributed by atoms with Crippen LogP contribution in [0.2, 0.25) is 5.02 Å². The number of anilines is 1. The number of sulfonamides is 1. The van der Waals surface area contributed by atoms with Crippen LogP contribution in [0.5, 0.6) is 0 Å². The zero-order chi connectivity index (χ0) is 17.0. The van der Waals surface area contributed by atoms with Crippen molar-refractivity contribution in [3.63, 3.8) is 0 Å². The van der Waals surface area contributed by atoms with E-state index in [4.69, 9.17) is 11.6 Å². The summed E-state index contributed by atoms with van der Waals surface area (Å²) in [5.74, 6) is -0.456. The van der Waals surface area contributed by atoms with Crippen molar-refractivity contribution >= 4 is 33.2 Å². The predicted molar refractivity (Wildman–Crippen MR) is 91.0 cm³/mol. The van der Waals surface area contributed by atoms with Gasteiger partial charge in [0, 0.05) is 10.7 Å². The molecular formula is C16H17ClN2O3S. The Labute approximate surface area is 140 Å². The Morgan fingerprint density at radius 3 is 2.17 bits per heavy atom. The molecule has 0 aliphatic carbocycles. The molecule has 1 atom stereocenters. The summed E-state index contributed by atoms with van der Waals surface area (Å²) in [7, 11) is -3.75.